The van der Waals surface area contributed by atoms with Crippen LogP contribution in [-0.4, -0.2) is 42.9 Å². The molecule has 2 aliphatic rings. The number of thiophene rings is 1. The predicted octanol–water partition coefficient (Wildman–Crippen LogP) is 2.54. The second-order valence-electron chi connectivity index (χ2n) is 5.47. The van der Waals surface area contributed by atoms with Crippen molar-refractivity contribution in [3.63, 3.8) is 0 Å². The number of nitrogens with one attached hydrogen (secondary N) is 2. The van der Waals surface area contributed by atoms with E-state index in [0.717, 1.165) is 17.7 Å². The lowest BCUT2D eigenvalue weighted by Gasteiger charge is -2.23. The lowest BCUT2D eigenvalue weighted by atomic mass is 9.96. The minimum atomic E-state index is -0.586. The summed E-state index contributed by atoms with van der Waals surface area (Å²) < 4.78 is 6.51. The number of aliphatic hydroxyl groups is 1. The third-order valence-corrected chi connectivity index (χ3v) is 5.37. The molecule has 0 aromatic carbocycles. The number of rotatable bonds is 4. The molecule has 0 saturated carbocycles. The number of halogens is 2. The average molecular weight is 458 g/mol. The van der Waals surface area contributed by atoms with Crippen LogP contribution in [0.4, 0.5) is 0 Å². The Hall–Kier alpha value is -0.0900. The van der Waals surface area contributed by atoms with E-state index in [-0.39, 0.29) is 24.0 Å². The first-order chi connectivity index (χ1) is 10.2. The zero-order valence-electron chi connectivity index (χ0n) is 12.3. The molecule has 3 heterocycles. The molecule has 8 heteroatoms. The number of fused-ring (bicyclic) bond motifs is 2. The highest BCUT2D eigenvalue weighted by Gasteiger charge is 2.41. The minimum absolute atomic E-state index is 0. The Labute approximate surface area is 156 Å². The minimum Gasteiger partial charge on any atom is -0.386 e. The van der Waals surface area contributed by atoms with E-state index in [1.807, 2.05) is 6.07 Å². The van der Waals surface area contributed by atoms with Crippen LogP contribution in [0.2, 0.25) is 4.34 Å². The van der Waals surface area contributed by atoms with Crippen molar-refractivity contribution >= 4 is 52.9 Å². The largest absolute Gasteiger partial charge is 0.386 e. The molecule has 0 spiro atoms. The topological polar surface area (TPSA) is 65.9 Å². The van der Waals surface area contributed by atoms with E-state index in [2.05, 4.69) is 15.6 Å². The number of aliphatic hydroxyl groups excluding tert-OH is 1. The summed E-state index contributed by atoms with van der Waals surface area (Å²) in [6.07, 6.45) is 3.45. The van der Waals surface area contributed by atoms with Crippen molar-refractivity contribution in [3.8, 4) is 0 Å². The fraction of sp³-hybridized carbons (Fsp3) is 0.643. The smallest absolute Gasteiger partial charge is 0.191 e. The Balaban J connectivity index is 0.00000176. The van der Waals surface area contributed by atoms with Crippen LogP contribution in [0, 0.1) is 0 Å². The van der Waals surface area contributed by atoms with Crippen molar-refractivity contribution in [1.29, 1.82) is 0 Å². The second kappa shape index (κ2) is 8.14. The van der Waals surface area contributed by atoms with Gasteiger partial charge in [-0.05, 0) is 31.4 Å². The molecule has 5 nitrogen and oxygen atoms in total. The van der Waals surface area contributed by atoms with Gasteiger partial charge in [0.15, 0.2) is 5.96 Å². The number of nitrogens with zero attached hydrogens (tertiary/aromatic N) is 1. The monoisotopic (exact) mass is 457 g/mol. The van der Waals surface area contributed by atoms with Gasteiger partial charge in [-0.3, -0.25) is 4.99 Å². The summed E-state index contributed by atoms with van der Waals surface area (Å²) in [5.41, 5.74) is 0. The highest BCUT2D eigenvalue weighted by molar-refractivity contribution is 14.0. The molecule has 22 heavy (non-hydrogen) atoms. The maximum Gasteiger partial charge on any atom is 0.191 e. The molecule has 4 atom stereocenters. The summed E-state index contributed by atoms with van der Waals surface area (Å²) >= 11 is 7.27. The van der Waals surface area contributed by atoms with Crippen LogP contribution in [0.3, 0.4) is 0 Å². The maximum absolute atomic E-state index is 10.1. The van der Waals surface area contributed by atoms with E-state index in [1.165, 1.54) is 17.8 Å². The van der Waals surface area contributed by atoms with Gasteiger partial charge in [-0.2, -0.15) is 0 Å². The fourth-order valence-electron chi connectivity index (χ4n) is 2.96. The first-order valence-electron chi connectivity index (χ1n) is 7.21. The van der Waals surface area contributed by atoms with Crippen molar-refractivity contribution in [2.75, 3.05) is 13.6 Å². The highest BCUT2D eigenvalue weighted by Crippen LogP contribution is 2.34. The van der Waals surface area contributed by atoms with Crippen LogP contribution in [0.5, 0.6) is 0 Å². The zero-order valence-corrected chi connectivity index (χ0v) is 16.2. The van der Waals surface area contributed by atoms with Crippen molar-refractivity contribution in [2.24, 2.45) is 4.99 Å². The van der Waals surface area contributed by atoms with Gasteiger partial charge in [-0.1, -0.05) is 11.6 Å². The molecular formula is C14H21ClIN3O2S. The Morgan fingerprint density at radius 1 is 1.55 bits per heavy atom. The third kappa shape index (κ3) is 4.25. The Bertz CT molecular complexity index is 528. The lowest BCUT2D eigenvalue weighted by Crippen LogP contribution is -2.48. The van der Waals surface area contributed by atoms with Gasteiger partial charge in [0.1, 0.15) is 6.10 Å². The Kier molecular flexibility index (Phi) is 6.75. The molecule has 4 unspecified atom stereocenters. The molecular weight excluding hydrogens is 437 g/mol. The Morgan fingerprint density at radius 2 is 2.36 bits per heavy atom. The van der Waals surface area contributed by atoms with Crippen molar-refractivity contribution in [1.82, 2.24) is 10.6 Å². The van der Waals surface area contributed by atoms with Gasteiger partial charge in [0.2, 0.25) is 0 Å². The number of hydrogen-bond donors (Lipinski definition) is 3. The summed E-state index contributed by atoms with van der Waals surface area (Å²) in [5, 5.41) is 16.7. The van der Waals surface area contributed by atoms with Crippen LogP contribution in [-0.2, 0) is 4.74 Å². The molecule has 0 aliphatic carbocycles. The Morgan fingerprint density at radius 3 is 2.91 bits per heavy atom. The molecule has 3 N–H and O–H groups in total. The molecule has 1 aromatic rings. The number of ether oxygens (including phenoxy) is 1. The standard InChI is InChI=1S/C14H20ClN3O2S.HI/c1-16-14(18-9-6-8-2-3-11(9)20-8)17-7-10(19)12-4-5-13(15)21-12;/h4-5,8-11,19H,2-3,6-7H2,1H3,(H2,16,17,18);1H. The lowest BCUT2D eigenvalue weighted by molar-refractivity contribution is 0.0992. The molecule has 2 bridgehead atoms. The van der Waals surface area contributed by atoms with E-state index in [0.29, 0.717) is 35.1 Å². The molecule has 2 fully saturated rings. The normalized spacial score (nSPS) is 28.3. The van der Waals surface area contributed by atoms with Gasteiger partial charge >= 0.3 is 0 Å². The van der Waals surface area contributed by atoms with Crippen LogP contribution < -0.4 is 10.6 Å². The highest BCUT2D eigenvalue weighted by atomic mass is 127. The van der Waals surface area contributed by atoms with Gasteiger partial charge in [0.25, 0.3) is 0 Å². The number of guanidine groups is 1. The predicted molar refractivity (Wildman–Crippen MR) is 101 cm³/mol. The quantitative estimate of drug-likeness (QED) is 0.369. The molecule has 124 valence electrons. The average Bonchev–Trinajstić information content (AvgIpc) is 3.19. The molecule has 0 amide bonds. The summed E-state index contributed by atoms with van der Waals surface area (Å²) in [4.78, 5) is 5.06. The first kappa shape index (κ1) is 18.3. The summed E-state index contributed by atoms with van der Waals surface area (Å²) in [7, 11) is 1.73. The van der Waals surface area contributed by atoms with Crippen molar-refractivity contribution < 1.29 is 9.84 Å². The molecule has 2 aliphatic heterocycles. The van der Waals surface area contributed by atoms with Gasteiger partial charge in [0.05, 0.1) is 22.6 Å². The third-order valence-electron chi connectivity index (χ3n) is 4.04. The summed E-state index contributed by atoms with van der Waals surface area (Å²) in [6.45, 7) is 0.401. The van der Waals surface area contributed by atoms with E-state index in [4.69, 9.17) is 16.3 Å². The van der Waals surface area contributed by atoms with E-state index >= 15 is 0 Å². The summed E-state index contributed by atoms with van der Waals surface area (Å²) in [5.74, 6) is 0.706. The van der Waals surface area contributed by atoms with Crippen LogP contribution in [0.1, 0.15) is 30.2 Å². The SMILES string of the molecule is CN=C(NCC(O)c1ccc(Cl)s1)NC1CC2CCC1O2.I. The summed E-state index contributed by atoms with van der Waals surface area (Å²) in [6, 6.07) is 3.97. The van der Waals surface area contributed by atoms with Gasteiger partial charge in [-0.25, -0.2) is 0 Å². The molecule has 0 radical (unpaired) electrons. The molecule has 2 saturated heterocycles. The second-order valence-corrected chi connectivity index (χ2v) is 7.22. The van der Waals surface area contributed by atoms with Crippen LogP contribution >= 0.6 is 46.9 Å². The van der Waals surface area contributed by atoms with E-state index in [1.54, 1.807) is 13.1 Å². The molecule has 3 rings (SSSR count). The fourth-order valence-corrected chi connectivity index (χ4v) is 4.01. The zero-order chi connectivity index (χ0) is 14.8. The first-order valence-corrected chi connectivity index (χ1v) is 8.41. The van der Waals surface area contributed by atoms with Crippen molar-refractivity contribution in [2.45, 2.75) is 43.6 Å². The maximum atomic E-state index is 10.1. The molecule has 1 aromatic heterocycles. The van der Waals surface area contributed by atoms with Gasteiger partial charge in [-0.15, -0.1) is 35.3 Å². The number of aliphatic imine (C=N–C) groups is 1. The number of hydrogen-bond acceptors (Lipinski definition) is 4. The van der Waals surface area contributed by atoms with Gasteiger partial charge in [0, 0.05) is 18.5 Å². The van der Waals surface area contributed by atoms with E-state index in [9.17, 15) is 5.11 Å². The van der Waals surface area contributed by atoms with Crippen LogP contribution in [0.25, 0.3) is 0 Å². The van der Waals surface area contributed by atoms with Crippen LogP contribution in [0.15, 0.2) is 17.1 Å². The van der Waals surface area contributed by atoms with Crippen molar-refractivity contribution in [3.05, 3.63) is 21.3 Å². The van der Waals surface area contributed by atoms with Gasteiger partial charge < -0.3 is 20.5 Å². The van der Waals surface area contributed by atoms with E-state index < -0.39 is 6.10 Å².